The summed E-state index contributed by atoms with van der Waals surface area (Å²) in [4.78, 5) is 21.6. The first kappa shape index (κ1) is 21.4. The third-order valence-corrected chi connectivity index (χ3v) is 6.00. The van der Waals surface area contributed by atoms with Crippen LogP contribution in [-0.4, -0.2) is 43.0 Å². The summed E-state index contributed by atoms with van der Waals surface area (Å²) in [7, 11) is 3.98. The molecular formula is C18H18Cl2IN3OS. The molecule has 3 aromatic rings. The van der Waals surface area contributed by atoms with Crippen LogP contribution in [0.1, 0.15) is 10.4 Å². The van der Waals surface area contributed by atoms with E-state index in [9.17, 15) is 4.79 Å². The van der Waals surface area contributed by atoms with Gasteiger partial charge in [-0.2, -0.15) is 0 Å². The highest BCUT2D eigenvalue weighted by molar-refractivity contribution is 14.1. The molecule has 0 bridgehead atoms. The van der Waals surface area contributed by atoms with Crippen molar-refractivity contribution >= 4 is 79.2 Å². The Morgan fingerprint density at radius 2 is 1.88 bits per heavy atom. The molecular weight excluding hydrogens is 504 g/mol. The number of carbonyl (C=O) groups is 1. The van der Waals surface area contributed by atoms with E-state index in [0.717, 1.165) is 20.3 Å². The van der Waals surface area contributed by atoms with Crippen LogP contribution in [0, 0.1) is 3.57 Å². The monoisotopic (exact) mass is 521 g/mol. The molecule has 3 rings (SSSR count). The summed E-state index contributed by atoms with van der Waals surface area (Å²) in [5.74, 6) is -0.0398. The van der Waals surface area contributed by atoms with E-state index in [-0.39, 0.29) is 18.3 Å². The minimum absolute atomic E-state index is 0. The number of benzene rings is 2. The van der Waals surface area contributed by atoms with Gasteiger partial charge in [-0.1, -0.05) is 41.1 Å². The van der Waals surface area contributed by atoms with Gasteiger partial charge in [-0.25, -0.2) is 4.98 Å². The Hall–Kier alpha value is -0.930. The number of aromatic nitrogens is 1. The lowest BCUT2D eigenvalue weighted by Gasteiger charge is -2.22. The van der Waals surface area contributed by atoms with Crippen LogP contribution in [0.2, 0.25) is 5.02 Å². The number of likely N-dealkylation sites (N-methyl/N-ethyl adjacent to an activating group) is 1. The number of thiazole rings is 1. The number of halogens is 3. The van der Waals surface area contributed by atoms with Gasteiger partial charge in [0, 0.05) is 16.7 Å². The number of para-hydroxylation sites is 1. The van der Waals surface area contributed by atoms with Crippen LogP contribution in [0.3, 0.4) is 0 Å². The molecule has 0 radical (unpaired) electrons. The SMILES string of the molecule is CN(C)CCN(C(=O)c1ccccc1I)c1nc2c(Cl)cccc2s1.Cl. The fraction of sp³-hybridized carbons (Fsp3) is 0.222. The van der Waals surface area contributed by atoms with Gasteiger partial charge in [0.1, 0.15) is 5.52 Å². The van der Waals surface area contributed by atoms with Crippen molar-refractivity contribution in [1.29, 1.82) is 0 Å². The zero-order chi connectivity index (χ0) is 18.0. The molecule has 8 heteroatoms. The van der Waals surface area contributed by atoms with E-state index in [1.54, 1.807) is 4.90 Å². The molecule has 0 unspecified atom stereocenters. The molecule has 1 heterocycles. The number of rotatable bonds is 5. The van der Waals surface area contributed by atoms with Gasteiger partial charge in [-0.05, 0) is 61.0 Å². The van der Waals surface area contributed by atoms with Crippen LogP contribution < -0.4 is 4.90 Å². The van der Waals surface area contributed by atoms with Crippen molar-refractivity contribution in [3.8, 4) is 0 Å². The van der Waals surface area contributed by atoms with Crippen LogP contribution in [-0.2, 0) is 0 Å². The van der Waals surface area contributed by atoms with Crippen LogP contribution in [0.4, 0.5) is 5.13 Å². The molecule has 4 nitrogen and oxygen atoms in total. The highest BCUT2D eigenvalue weighted by Gasteiger charge is 2.23. The molecule has 0 saturated carbocycles. The average molecular weight is 522 g/mol. The third kappa shape index (κ3) is 4.67. The van der Waals surface area contributed by atoms with Gasteiger partial charge in [0.05, 0.1) is 15.3 Å². The van der Waals surface area contributed by atoms with E-state index in [2.05, 4.69) is 32.5 Å². The normalized spacial score (nSPS) is 10.8. The van der Waals surface area contributed by atoms with E-state index in [4.69, 9.17) is 11.6 Å². The second kappa shape index (κ2) is 9.32. The molecule has 1 amide bonds. The molecule has 0 aliphatic carbocycles. The van der Waals surface area contributed by atoms with E-state index in [1.165, 1.54) is 11.3 Å². The molecule has 0 atom stereocenters. The molecule has 1 aromatic heterocycles. The van der Waals surface area contributed by atoms with E-state index in [1.807, 2.05) is 56.6 Å². The van der Waals surface area contributed by atoms with Crippen molar-refractivity contribution in [3.63, 3.8) is 0 Å². The second-order valence-electron chi connectivity index (χ2n) is 5.82. The van der Waals surface area contributed by atoms with Crippen LogP contribution in [0.25, 0.3) is 10.2 Å². The highest BCUT2D eigenvalue weighted by atomic mass is 127. The summed E-state index contributed by atoms with van der Waals surface area (Å²) in [5.41, 5.74) is 1.43. The first-order chi connectivity index (χ1) is 12.0. The Balaban J connectivity index is 0.00000243. The first-order valence-electron chi connectivity index (χ1n) is 7.73. The Bertz CT molecular complexity index is 916. The fourth-order valence-electron chi connectivity index (χ4n) is 2.38. The lowest BCUT2D eigenvalue weighted by atomic mass is 10.2. The summed E-state index contributed by atoms with van der Waals surface area (Å²) >= 11 is 9.94. The van der Waals surface area contributed by atoms with Crippen molar-refractivity contribution in [2.24, 2.45) is 0 Å². The van der Waals surface area contributed by atoms with Crippen molar-refractivity contribution in [3.05, 3.63) is 56.6 Å². The fourth-order valence-corrected chi connectivity index (χ4v) is 4.29. The van der Waals surface area contributed by atoms with Crippen molar-refractivity contribution in [2.75, 3.05) is 32.1 Å². The van der Waals surface area contributed by atoms with Crippen LogP contribution >= 0.6 is 57.9 Å². The molecule has 0 saturated heterocycles. The summed E-state index contributed by atoms with van der Waals surface area (Å²) in [6, 6.07) is 13.3. The lowest BCUT2D eigenvalue weighted by molar-refractivity contribution is 0.0984. The summed E-state index contributed by atoms with van der Waals surface area (Å²) in [6.45, 7) is 1.31. The van der Waals surface area contributed by atoms with Gasteiger partial charge in [0.15, 0.2) is 5.13 Å². The molecule has 26 heavy (non-hydrogen) atoms. The quantitative estimate of drug-likeness (QED) is 0.434. The lowest BCUT2D eigenvalue weighted by Crippen LogP contribution is -2.37. The van der Waals surface area contributed by atoms with E-state index >= 15 is 0 Å². The Kier molecular flexibility index (Phi) is 7.66. The van der Waals surface area contributed by atoms with Gasteiger partial charge >= 0.3 is 0 Å². The first-order valence-corrected chi connectivity index (χ1v) is 10.0. The largest absolute Gasteiger partial charge is 0.308 e. The Morgan fingerprint density at radius 1 is 1.15 bits per heavy atom. The molecule has 2 aromatic carbocycles. The smallest absolute Gasteiger partial charge is 0.261 e. The second-order valence-corrected chi connectivity index (χ2v) is 8.40. The van der Waals surface area contributed by atoms with Crippen molar-refractivity contribution in [2.45, 2.75) is 0 Å². The molecule has 0 N–H and O–H groups in total. The number of hydrogen-bond donors (Lipinski definition) is 0. The zero-order valence-corrected chi connectivity index (χ0v) is 18.8. The molecule has 138 valence electrons. The molecule has 0 aliphatic rings. The standard InChI is InChI=1S/C18H17ClIN3OS.ClH/c1-22(2)10-11-23(17(24)12-6-3-4-8-14(12)20)18-21-16-13(19)7-5-9-15(16)25-18;/h3-9H,10-11H2,1-2H3;1H. The van der Waals surface area contributed by atoms with Gasteiger partial charge in [-0.3, -0.25) is 9.69 Å². The predicted molar refractivity (Wildman–Crippen MR) is 121 cm³/mol. The molecule has 0 fully saturated rings. The summed E-state index contributed by atoms with van der Waals surface area (Å²) in [5, 5.41) is 1.28. The number of nitrogens with zero attached hydrogens (tertiary/aromatic N) is 3. The van der Waals surface area contributed by atoms with Crippen LogP contribution in [0.15, 0.2) is 42.5 Å². The summed E-state index contributed by atoms with van der Waals surface area (Å²) < 4.78 is 1.91. The third-order valence-electron chi connectivity index (χ3n) is 3.71. The Labute approximate surface area is 181 Å². The number of carbonyl (C=O) groups excluding carboxylic acids is 1. The maximum absolute atomic E-state index is 13.2. The minimum Gasteiger partial charge on any atom is -0.308 e. The maximum Gasteiger partial charge on any atom is 0.261 e. The number of amides is 1. The molecule has 0 aliphatic heterocycles. The van der Waals surface area contributed by atoms with E-state index < -0.39 is 0 Å². The van der Waals surface area contributed by atoms with Gasteiger partial charge in [0.25, 0.3) is 5.91 Å². The van der Waals surface area contributed by atoms with Gasteiger partial charge in [0.2, 0.25) is 0 Å². The number of hydrogen-bond acceptors (Lipinski definition) is 4. The van der Waals surface area contributed by atoms with Gasteiger partial charge < -0.3 is 4.90 Å². The predicted octanol–water partition coefficient (Wildman–Crippen LogP) is 5.18. The van der Waals surface area contributed by atoms with Crippen LogP contribution in [0.5, 0.6) is 0 Å². The topological polar surface area (TPSA) is 36.4 Å². The summed E-state index contributed by atoms with van der Waals surface area (Å²) in [6.07, 6.45) is 0. The number of fused-ring (bicyclic) bond motifs is 1. The average Bonchev–Trinajstić information content (AvgIpc) is 3.00. The Morgan fingerprint density at radius 3 is 2.54 bits per heavy atom. The van der Waals surface area contributed by atoms with Crippen molar-refractivity contribution < 1.29 is 4.79 Å². The minimum atomic E-state index is -0.0398. The molecule has 0 spiro atoms. The number of anilines is 1. The van der Waals surface area contributed by atoms with Gasteiger partial charge in [-0.15, -0.1) is 12.4 Å². The highest BCUT2D eigenvalue weighted by Crippen LogP contribution is 2.33. The zero-order valence-electron chi connectivity index (χ0n) is 14.3. The van der Waals surface area contributed by atoms with E-state index in [0.29, 0.717) is 22.3 Å². The van der Waals surface area contributed by atoms with Crippen molar-refractivity contribution in [1.82, 2.24) is 9.88 Å². The maximum atomic E-state index is 13.2.